The molecule has 1 aliphatic heterocycles. The molecule has 0 saturated carbocycles. The van der Waals surface area contributed by atoms with Crippen LogP contribution in [0.25, 0.3) is 0 Å². The zero-order chi connectivity index (χ0) is 16.2. The Hall–Kier alpha value is -0.960. The third-order valence-corrected chi connectivity index (χ3v) is 5.06. The molecule has 22 heavy (non-hydrogen) atoms. The number of carbonyl (C=O) groups excluding carboxylic acids is 1. The zero-order valence-corrected chi connectivity index (χ0v) is 14.4. The predicted molar refractivity (Wildman–Crippen MR) is 81.8 cm³/mol. The van der Waals surface area contributed by atoms with E-state index in [-0.39, 0.29) is 17.6 Å². The van der Waals surface area contributed by atoms with E-state index in [1.807, 2.05) is 0 Å². The van der Waals surface area contributed by atoms with E-state index < -0.39 is 22.2 Å². The molecule has 8 heteroatoms. The van der Waals surface area contributed by atoms with E-state index in [4.69, 9.17) is 13.7 Å². The Kier molecular flexibility index (Phi) is 5.96. The number of hydrogen-bond acceptors (Lipinski definition) is 6. The van der Waals surface area contributed by atoms with E-state index in [0.29, 0.717) is 6.61 Å². The summed E-state index contributed by atoms with van der Waals surface area (Å²) in [5.41, 5.74) is 0. The van der Waals surface area contributed by atoms with Gasteiger partial charge in [0, 0.05) is 11.1 Å². The van der Waals surface area contributed by atoms with Crippen LogP contribution in [-0.2, 0) is 28.6 Å². The summed E-state index contributed by atoms with van der Waals surface area (Å²) in [6, 6.07) is 5.95. The van der Waals surface area contributed by atoms with Gasteiger partial charge in [0.05, 0.1) is 11.0 Å². The lowest BCUT2D eigenvalue weighted by molar-refractivity contribution is -0.154. The second kappa shape index (κ2) is 7.54. The van der Waals surface area contributed by atoms with Gasteiger partial charge < -0.3 is 9.47 Å². The molecule has 0 bridgehead atoms. The Labute approximate surface area is 138 Å². The highest BCUT2D eigenvalue weighted by molar-refractivity contribution is 9.10. The zero-order valence-electron chi connectivity index (χ0n) is 12.0. The van der Waals surface area contributed by atoms with E-state index in [2.05, 4.69) is 15.9 Å². The van der Waals surface area contributed by atoms with Crippen molar-refractivity contribution in [2.75, 3.05) is 13.2 Å². The SMILES string of the molecule is CC(OS(=O)(=O)c1ccc(Br)cc1)C(=O)OC[C@@H]1CCCO1. The predicted octanol–water partition coefficient (Wildman–Crippen LogP) is 2.27. The summed E-state index contributed by atoms with van der Waals surface area (Å²) in [6.45, 7) is 2.12. The van der Waals surface area contributed by atoms with Crippen LogP contribution in [0.15, 0.2) is 33.6 Å². The van der Waals surface area contributed by atoms with Crippen molar-refractivity contribution in [3.8, 4) is 0 Å². The van der Waals surface area contributed by atoms with Crippen LogP contribution in [0.4, 0.5) is 0 Å². The van der Waals surface area contributed by atoms with Gasteiger partial charge in [-0.25, -0.2) is 4.79 Å². The van der Waals surface area contributed by atoms with Crippen molar-refractivity contribution in [1.82, 2.24) is 0 Å². The van der Waals surface area contributed by atoms with E-state index >= 15 is 0 Å². The Morgan fingerprint density at radius 1 is 1.41 bits per heavy atom. The van der Waals surface area contributed by atoms with Gasteiger partial charge in [0.15, 0.2) is 6.10 Å². The number of benzene rings is 1. The van der Waals surface area contributed by atoms with Crippen LogP contribution in [0, 0.1) is 0 Å². The molecule has 1 aliphatic rings. The fourth-order valence-electron chi connectivity index (χ4n) is 1.95. The lowest BCUT2D eigenvalue weighted by Crippen LogP contribution is -2.29. The monoisotopic (exact) mass is 392 g/mol. The summed E-state index contributed by atoms with van der Waals surface area (Å²) >= 11 is 3.22. The van der Waals surface area contributed by atoms with E-state index in [0.717, 1.165) is 17.3 Å². The molecule has 0 aliphatic carbocycles. The van der Waals surface area contributed by atoms with Gasteiger partial charge in [-0.2, -0.15) is 8.42 Å². The summed E-state index contributed by atoms with van der Waals surface area (Å²) in [5, 5.41) is 0. The van der Waals surface area contributed by atoms with Crippen molar-refractivity contribution in [2.45, 2.75) is 36.9 Å². The van der Waals surface area contributed by atoms with Gasteiger partial charge in [-0.1, -0.05) is 15.9 Å². The highest BCUT2D eigenvalue weighted by atomic mass is 79.9. The maximum absolute atomic E-state index is 12.0. The van der Waals surface area contributed by atoms with Crippen molar-refractivity contribution >= 4 is 32.0 Å². The molecule has 0 amide bonds. The summed E-state index contributed by atoms with van der Waals surface area (Å²) in [6.07, 6.45) is 0.445. The minimum Gasteiger partial charge on any atom is -0.461 e. The largest absolute Gasteiger partial charge is 0.461 e. The molecule has 1 saturated heterocycles. The van der Waals surface area contributed by atoms with Crippen LogP contribution in [0.3, 0.4) is 0 Å². The second-order valence-electron chi connectivity index (χ2n) is 4.91. The summed E-state index contributed by atoms with van der Waals surface area (Å²) < 4.78 is 40.1. The van der Waals surface area contributed by atoms with Crippen LogP contribution < -0.4 is 0 Å². The molecular formula is C14H17BrO6S. The van der Waals surface area contributed by atoms with Crippen LogP contribution in [-0.4, -0.2) is 39.8 Å². The number of carbonyl (C=O) groups is 1. The average Bonchev–Trinajstić information content (AvgIpc) is 2.98. The molecule has 0 spiro atoms. The first-order valence-corrected chi connectivity index (χ1v) is 9.06. The van der Waals surface area contributed by atoms with Crippen molar-refractivity contribution in [1.29, 1.82) is 0 Å². The molecule has 0 N–H and O–H groups in total. The molecule has 0 aromatic heterocycles. The third-order valence-electron chi connectivity index (χ3n) is 3.14. The van der Waals surface area contributed by atoms with Gasteiger partial charge in [0.1, 0.15) is 6.61 Å². The number of esters is 1. The lowest BCUT2D eigenvalue weighted by atomic mass is 10.2. The standard InChI is InChI=1S/C14H17BrO6S/c1-10(14(16)20-9-12-3-2-8-19-12)21-22(17,18)13-6-4-11(15)5-7-13/h4-7,10,12H,2-3,8-9H2,1H3/t10?,12-/m0/s1. The Balaban J connectivity index is 1.90. The summed E-state index contributed by atoms with van der Waals surface area (Å²) in [5.74, 6) is -0.726. The summed E-state index contributed by atoms with van der Waals surface area (Å²) in [4.78, 5) is 11.8. The molecule has 1 fully saturated rings. The van der Waals surface area contributed by atoms with Gasteiger partial charge in [-0.05, 0) is 44.0 Å². The smallest absolute Gasteiger partial charge is 0.336 e. The molecule has 1 aromatic rings. The van der Waals surface area contributed by atoms with E-state index in [1.165, 1.54) is 19.1 Å². The lowest BCUT2D eigenvalue weighted by Gasteiger charge is -2.14. The van der Waals surface area contributed by atoms with Gasteiger partial charge in [0.2, 0.25) is 0 Å². The van der Waals surface area contributed by atoms with Gasteiger partial charge in [-0.3, -0.25) is 4.18 Å². The van der Waals surface area contributed by atoms with Crippen molar-refractivity contribution < 1.29 is 26.9 Å². The quantitative estimate of drug-likeness (QED) is 0.545. The van der Waals surface area contributed by atoms with E-state index in [9.17, 15) is 13.2 Å². The van der Waals surface area contributed by atoms with Crippen molar-refractivity contribution in [3.63, 3.8) is 0 Å². The van der Waals surface area contributed by atoms with Crippen LogP contribution >= 0.6 is 15.9 Å². The molecule has 6 nitrogen and oxygen atoms in total. The fourth-order valence-corrected chi connectivity index (χ4v) is 3.26. The first kappa shape index (κ1) is 17.4. The van der Waals surface area contributed by atoms with Crippen molar-refractivity contribution in [3.05, 3.63) is 28.7 Å². The van der Waals surface area contributed by atoms with Gasteiger partial charge in [0.25, 0.3) is 10.1 Å². The number of hydrogen-bond donors (Lipinski definition) is 0. The summed E-state index contributed by atoms with van der Waals surface area (Å²) in [7, 11) is -4.01. The van der Waals surface area contributed by atoms with Crippen LogP contribution in [0.5, 0.6) is 0 Å². The topological polar surface area (TPSA) is 78.9 Å². The Bertz CT molecular complexity index is 607. The number of rotatable bonds is 6. The highest BCUT2D eigenvalue weighted by Gasteiger charge is 2.26. The molecule has 1 unspecified atom stereocenters. The maximum atomic E-state index is 12.0. The maximum Gasteiger partial charge on any atom is 0.336 e. The molecule has 1 aromatic carbocycles. The molecule has 122 valence electrons. The molecule has 2 rings (SSSR count). The first-order valence-electron chi connectivity index (χ1n) is 6.85. The van der Waals surface area contributed by atoms with Crippen LogP contribution in [0.1, 0.15) is 19.8 Å². The number of ether oxygens (including phenoxy) is 2. The van der Waals surface area contributed by atoms with Crippen molar-refractivity contribution in [2.24, 2.45) is 0 Å². The minimum atomic E-state index is -4.01. The van der Waals surface area contributed by atoms with Crippen LogP contribution in [0.2, 0.25) is 0 Å². The second-order valence-corrected chi connectivity index (χ2v) is 7.40. The minimum absolute atomic E-state index is 0.0190. The molecule has 0 radical (unpaired) electrons. The average molecular weight is 393 g/mol. The normalized spacial score (nSPS) is 19.8. The Morgan fingerprint density at radius 3 is 2.68 bits per heavy atom. The molecule has 1 heterocycles. The fraction of sp³-hybridized carbons (Fsp3) is 0.500. The third kappa shape index (κ3) is 4.77. The van der Waals surface area contributed by atoms with Gasteiger partial charge >= 0.3 is 5.97 Å². The number of halogens is 1. The Morgan fingerprint density at radius 2 is 2.09 bits per heavy atom. The first-order chi connectivity index (χ1) is 10.4. The van der Waals surface area contributed by atoms with Gasteiger partial charge in [-0.15, -0.1) is 0 Å². The highest BCUT2D eigenvalue weighted by Crippen LogP contribution is 2.18. The molecule has 2 atom stereocenters. The van der Waals surface area contributed by atoms with E-state index in [1.54, 1.807) is 12.1 Å². The molecular weight excluding hydrogens is 376 g/mol.